The SMILES string of the molecule is COc1ccc2ncnc(N(C[C@@H]3CN(c4ccc5c(c4)NC(=O)CS5)C(=O)O3)C3CNC3)c2c1. The van der Waals surface area contributed by atoms with E-state index in [1.54, 1.807) is 18.3 Å². The highest BCUT2D eigenvalue weighted by molar-refractivity contribution is 8.00. The van der Waals surface area contributed by atoms with Gasteiger partial charge in [-0.25, -0.2) is 14.8 Å². The van der Waals surface area contributed by atoms with E-state index < -0.39 is 6.09 Å². The number of ether oxygens (including phenoxy) is 2. The van der Waals surface area contributed by atoms with Crippen molar-refractivity contribution in [3.05, 3.63) is 42.7 Å². The predicted octanol–water partition coefficient (Wildman–Crippen LogP) is 2.49. The molecule has 1 atom stereocenters. The Balaban J connectivity index is 1.26. The number of nitrogens with zero attached hydrogens (tertiary/aromatic N) is 4. The maximum Gasteiger partial charge on any atom is 0.414 e. The molecule has 2 amide bonds. The predicted molar refractivity (Wildman–Crippen MR) is 134 cm³/mol. The summed E-state index contributed by atoms with van der Waals surface area (Å²) in [7, 11) is 1.63. The van der Waals surface area contributed by atoms with E-state index in [-0.39, 0.29) is 18.1 Å². The summed E-state index contributed by atoms with van der Waals surface area (Å²) in [6.45, 7) is 2.54. The first-order valence-corrected chi connectivity index (χ1v) is 12.4. The zero-order valence-corrected chi connectivity index (χ0v) is 19.9. The molecule has 2 saturated heterocycles. The van der Waals surface area contributed by atoms with Crippen molar-refractivity contribution in [1.82, 2.24) is 15.3 Å². The minimum Gasteiger partial charge on any atom is -0.497 e. The number of rotatable bonds is 6. The van der Waals surface area contributed by atoms with Gasteiger partial charge < -0.3 is 25.0 Å². The molecule has 4 heterocycles. The van der Waals surface area contributed by atoms with Crippen LogP contribution in [0.5, 0.6) is 5.75 Å². The number of amides is 2. The highest BCUT2D eigenvalue weighted by Gasteiger charge is 2.37. The Bertz CT molecular complexity index is 1320. The number of nitrogens with one attached hydrogen (secondary N) is 2. The minimum atomic E-state index is -0.398. The Kier molecular flexibility index (Phi) is 5.57. The van der Waals surface area contributed by atoms with Crippen molar-refractivity contribution in [2.45, 2.75) is 17.0 Å². The van der Waals surface area contributed by atoms with Crippen molar-refractivity contribution < 1.29 is 19.1 Å². The van der Waals surface area contributed by atoms with Crippen molar-refractivity contribution in [2.75, 3.05) is 54.2 Å². The standard InChI is InChI=1S/C24H24N6O4S/c1-33-16-3-4-19-18(7-16)23(27-13-26-19)29(15-8-25-9-15)10-17-11-30(24(32)34-17)14-2-5-21-20(6-14)28-22(31)12-35-21/h2-7,13,15,17,25H,8-12H2,1H3,(H,28,31)/t17-/m1/s1. The van der Waals surface area contributed by atoms with E-state index in [4.69, 9.17) is 9.47 Å². The molecule has 0 saturated carbocycles. The molecule has 2 fully saturated rings. The first-order valence-electron chi connectivity index (χ1n) is 11.4. The van der Waals surface area contributed by atoms with Crippen molar-refractivity contribution in [3.63, 3.8) is 0 Å². The lowest BCUT2D eigenvalue weighted by molar-refractivity contribution is -0.113. The largest absolute Gasteiger partial charge is 0.497 e. The van der Waals surface area contributed by atoms with Crippen LogP contribution in [0.4, 0.5) is 22.0 Å². The summed E-state index contributed by atoms with van der Waals surface area (Å²) in [5, 5.41) is 7.09. The minimum absolute atomic E-state index is 0.0417. The van der Waals surface area contributed by atoms with Gasteiger partial charge in [0.25, 0.3) is 0 Å². The van der Waals surface area contributed by atoms with Gasteiger partial charge in [-0.2, -0.15) is 0 Å². The number of anilines is 3. The molecule has 1 aromatic heterocycles. The molecule has 2 N–H and O–H groups in total. The lowest BCUT2D eigenvalue weighted by Crippen LogP contribution is -2.59. The molecular formula is C24H24N6O4S. The third-order valence-corrected chi connectivity index (χ3v) is 7.55. The fourth-order valence-corrected chi connectivity index (χ4v) is 5.35. The maximum atomic E-state index is 12.8. The summed E-state index contributed by atoms with van der Waals surface area (Å²) in [5.41, 5.74) is 2.25. The van der Waals surface area contributed by atoms with Crippen LogP contribution < -0.4 is 25.2 Å². The number of fused-ring (bicyclic) bond motifs is 2. The second kappa shape index (κ2) is 8.90. The smallest absolute Gasteiger partial charge is 0.414 e. The molecule has 0 radical (unpaired) electrons. The number of aromatic nitrogens is 2. The fraction of sp³-hybridized carbons (Fsp3) is 0.333. The van der Waals surface area contributed by atoms with E-state index in [0.717, 1.165) is 46.1 Å². The molecule has 0 spiro atoms. The fourth-order valence-electron chi connectivity index (χ4n) is 4.57. The lowest BCUT2D eigenvalue weighted by Gasteiger charge is -2.40. The molecular weight excluding hydrogens is 468 g/mol. The summed E-state index contributed by atoms with van der Waals surface area (Å²) in [6.07, 6.45) is 0.819. The van der Waals surface area contributed by atoms with Crippen LogP contribution in [0, 0.1) is 0 Å². The highest BCUT2D eigenvalue weighted by atomic mass is 32.2. The Morgan fingerprint density at radius 2 is 2.09 bits per heavy atom. The molecule has 180 valence electrons. The first-order chi connectivity index (χ1) is 17.1. The molecule has 0 aliphatic carbocycles. The number of hydrogen-bond acceptors (Lipinski definition) is 9. The van der Waals surface area contributed by atoms with E-state index in [0.29, 0.717) is 24.5 Å². The number of thioether (sulfide) groups is 1. The number of carbonyl (C=O) groups is 2. The van der Waals surface area contributed by atoms with E-state index in [1.165, 1.54) is 11.8 Å². The van der Waals surface area contributed by atoms with Crippen molar-refractivity contribution in [1.29, 1.82) is 0 Å². The van der Waals surface area contributed by atoms with Crippen LogP contribution in [-0.2, 0) is 9.53 Å². The zero-order chi connectivity index (χ0) is 23.9. The van der Waals surface area contributed by atoms with Gasteiger partial charge in [0, 0.05) is 29.1 Å². The molecule has 3 aliphatic heterocycles. The molecule has 10 nitrogen and oxygen atoms in total. The van der Waals surface area contributed by atoms with E-state index in [9.17, 15) is 9.59 Å². The molecule has 3 aromatic rings. The molecule has 11 heteroatoms. The third-order valence-electron chi connectivity index (χ3n) is 6.48. The number of hydrogen-bond donors (Lipinski definition) is 2. The second-order valence-corrected chi connectivity index (χ2v) is 9.70. The van der Waals surface area contributed by atoms with Crippen LogP contribution in [0.15, 0.2) is 47.6 Å². The maximum absolute atomic E-state index is 12.8. The van der Waals surface area contributed by atoms with Gasteiger partial charge in [-0.3, -0.25) is 9.69 Å². The van der Waals surface area contributed by atoms with Crippen molar-refractivity contribution >= 4 is 51.9 Å². The Labute approximate surface area is 206 Å². The van der Waals surface area contributed by atoms with Gasteiger partial charge in [0.1, 0.15) is 24.0 Å². The Morgan fingerprint density at radius 3 is 2.89 bits per heavy atom. The average Bonchev–Trinajstić information content (AvgIpc) is 3.21. The number of methoxy groups -OCH3 is 1. The van der Waals surface area contributed by atoms with Gasteiger partial charge in [-0.15, -0.1) is 11.8 Å². The second-order valence-electron chi connectivity index (χ2n) is 8.68. The van der Waals surface area contributed by atoms with Crippen LogP contribution in [0.3, 0.4) is 0 Å². The average molecular weight is 493 g/mol. The summed E-state index contributed by atoms with van der Waals surface area (Å²) < 4.78 is 11.2. The van der Waals surface area contributed by atoms with Gasteiger partial charge in [-0.1, -0.05) is 0 Å². The van der Waals surface area contributed by atoms with Gasteiger partial charge in [0.05, 0.1) is 43.2 Å². The topological polar surface area (TPSA) is 109 Å². The van der Waals surface area contributed by atoms with Gasteiger partial charge >= 0.3 is 6.09 Å². The molecule has 0 unspecified atom stereocenters. The van der Waals surface area contributed by atoms with E-state index in [2.05, 4.69) is 25.5 Å². The van der Waals surface area contributed by atoms with E-state index >= 15 is 0 Å². The van der Waals surface area contributed by atoms with Crippen LogP contribution in [0.2, 0.25) is 0 Å². The van der Waals surface area contributed by atoms with Crippen molar-refractivity contribution in [3.8, 4) is 5.75 Å². The van der Waals surface area contributed by atoms with Crippen LogP contribution >= 0.6 is 11.8 Å². The lowest BCUT2D eigenvalue weighted by atomic mass is 10.1. The van der Waals surface area contributed by atoms with Gasteiger partial charge in [-0.05, 0) is 36.4 Å². The van der Waals surface area contributed by atoms with Gasteiger partial charge in [0.2, 0.25) is 5.91 Å². The highest BCUT2D eigenvalue weighted by Crippen LogP contribution is 2.36. The van der Waals surface area contributed by atoms with Gasteiger partial charge in [0.15, 0.2) is 0 Å². The van der Waals surface area contributed by atoms with Crippen LogP contribution in [0.25, 0.3) is 10.9 Å². The Morgan fingerprint density at radius 1 is 1.20 bits per heavy atom. The third kappa shape index (κ3) is 4.10. The summed E-state index contributed by atoms with van der Waals surface area (Å²) in [4.78, 5) is 38.4. The number of benzene rings is 2. The quantitative estimate of drug-likeness (QED) is 0.536. The number of cyclic esters (lactones) is 1. The zero-order valence-electron chi connectivity index (χ0n) is 19.1. The number of carbonyl (C=O) groups excluding carboxylic acids is 2. The summed E-state index contributed by atoms with van der Waals surface area (Å²) in [6, 6.07) is 11.6. The molecule has 6 rings (SSSR count). The molecule has 3 aliphatic rings. The summed E-state index contributed by atoms with van der Waals surface area (Å²) >= 11 is 1.49. The Hall–Kier alpha value is -3.57. The normalized spacial score (nSPS) is 19.7. The summed E-state index contributed by atoms with van der Waals surface area (Å²) in [5.74, 6) is 1.88. The molecule has 35 heavy (non-hydrogen) atoms. The first kappa shape index (κ1) is 21.9. The molecule has 2 aromatic carbocycles. The van der Waals surface area contributed by atoms with Crippen molar-refractivity contribution in [2.24, 2.45) is 0 Å². The molecule has 0 bridgehead atoms. The van der Waals surface area contributed by atoms with Crippen LogP contribution in [0.1, 0.15) is 0 Å². The van der Waals surface area contributed by atoms with E-state index in [1.807, 2.05) is 36.4 Å². The monoisotopic (exact) mass is 492 g/mol. The van der Waals surface area contributed by atoms with Crippen LogP contribution in [-0.4, -0.2) is 73.2 Å².